The summed E-state index contributed by atoms with van der Waals surface area (Å²) >= 11 is 0. The van der Waals surface area contributed by atoms with E-state index in [9.17, 15) is 0 Å². The summed E-state index contributed by atoms with van der Waals surface area (Å²) < 4.78 is 5.87. The van der Waals surface area contributed by atoms with Crippen LogP contribution in [0.1, 0.15) is 25.3 Å². The van der Waals surface area contributed by atoms with Gasteiger partial charge >= 0.3 is 6.01 Å². The van der Waals surface area contributed by atoms with Crippen LogP contribution in [-0.4, -0.2) is 55.6 Å². The van der Waals surface area contributed by atoms with E-state index in [1.807, 2.05) is 12.4 Å². The summed E-state index contributed by atoms with van der Waals surface area (Å²) in [5.41, 5.74) is 1.13. The van der Waals surface area contributed by atoms with Gasteiger partial charge in [0.2, 0.25) is 0 Å². The second-order valence-corrected chi connectivity index (χ2v) is 5.51. The molecule has 0 atom stereocenters. The van der Waals surface area contributed by atoms with Crippen molar-refractivity contribution < 1.29 is 4.74 Å². The zero-order chi connectivity index (χ0) is 15.2. The molecule has 0 saturated carbocycles. The second kappa shape index (κ2) is 7.31. The first-order valence-electron chi connectivity index (χ1n) is 7.87. The lowest BCUT2D eigenvalue weighted by molar-refractivity contribution is 0.0897. The highest BCUT2D eigenvalue weighted by atomic mass is 16.5. The Morgan fingerprint density at radius 3 is 2.41 bits per heavy atom. The van der Waals surface area contributed by atoms with Gasteiger partial charge in [0, 0.05) is 32.0 Å². The molecule has 7 nitrogen and oxygen atoms in total. The Balaban J connectivity index is 1.41. The fourth-order valence-corrected chi connectivity index (χ4v) is 2.58. The topological polar surface area (TPSA) is 69.0 Å². The number of hydrogen-bond acceptors (Lipinski definition) is 6. The molecule has 22 heavy (non-hydrogen) atoms. The molecule has 2 aromatic heterocycles. The van der Waals surface area contributed by atoms with Crippen LogP contribution in [0.15, 0.2) is 24.8 Å². The van der Waals surface area contributed by atoms with Crippen LogP contribution in [0.25, 0.3) is 0 Å². The second-order valence-electron chi connectivity index (χ2n) is 5.51. The predicted molar refractivity (Wildman–Crippen MR) is 81.5 cm³/mol. The van der Waals surface area contributed by atoms with E-state index in [0.717, 1.165) is 51.0 Å². The van der Waals surface area contributed by atoms with Gasteiger partial charge in [-0.3, -0.25) is 0 Å². The Morgan fingerprint density at radius 1 is 1.09 bits per heavy atom. The van der Waals surface area contributed by atoms with Gasteiger partial charge in [0.05, 0.1) is 18.9 Å². The van der Waals surface area contributed by atoms with Crippen molar-refractivity contribution in [3.63, 3.8) is 0 Å². The Labute approximate surface area is 130 Å². The van der Waals surface area contributed by atoms with E-state index >= 15 is 0 Å². The van der Waals surface area contributed by atoms with E-state index in [1.54, 1.807) is 17.2 Å². The number of hydrogen-bond donors (Lipinski definition) is 0. The minimum atomic E-state index is 0.214. The normalized spacial score (nSPS) is 16.8. The van der Waals surface area contributed by atoms with Gasteiger partial charge in [-0.2, -0.15) is 15.0 Å². The highest BCUT2D eigenvalue weighted by molar-refractivity contribution is 5.07. The fourth-order valence-electron chi connectivity index (χ4n) is 2.58. The number of nitrogens with zero attached hydrogens (tertiary/aromatic N) is 6. The number of rotatable bonds is 6. The number of likely N-dealkylation sites (tertiary alicyclic amines) is 1. The lowest BCUT2D eigenvalue weighted by Gasteiger charge is -2.31. The van der Waals surface area contributed by atoms with Crippen LogP contribution in [0.3, 0.4) is 0 Å². The van der Waals surface area contributed by atoms with Crippen molar-refractivity contribution in [1.29, 1.82) is 0 Å². The molecule has 118 valence electrons. The van der Waals surface area contributed by atoms with Crippen molar-refractivity contribution in [2.75, 3.05) is 19.6 Å². The molecule has 7 heteroatoms. The molecule has 0 N–H and O–H groups in total. The maximum Gasteiger partial charge on any atom is 0.316 e. The molecule has 0 spiro atoms. The molecule has 2 aromatic rings. The highest BCUT2D eigenvalue weighted by Gasteiger charge is 2.21. The molecule has 1 fully saturated rings. The molecule has 1 aliphatic rings. The molecular weight excluding hydrogens is 280 g/mol. The molecule has 0 bridgehead atoms. The molecule has 0 radical (unpaired) electrons. The third-order valence-electron chi connectivity index (χ3n) is 3.98. The maximum absolute atomic E-state index is 5.87. The molecule has 3 heterocycles. The van der Waals surface area contributed by atoms with E-state index in [0.29, 0.717) is 6.01 Å². The minimum Gasteiger partial charge on any atom is -0.460 e. The quantitative estimate of drug-likeness (QED) is 0.798. The van der Waals surface area contributed by atoms with Crippen molar-refractivity contribution in [2.45, 2.75) is 38.8 Å². The first kappa shape index (κ1) is 14.9. The zero-order valence-corrected chi connectivity index (χ0v) is 12.9. The smallest absolute Gasteiger partial charge is 0.316 e. The van der Waals surface area contributed by atoms with E-state index < -0.39 is 0 Å². The maximum atomic E-state index is 5.87. The lowest BCUT2D eigenvalue weighted by Crippen LogP contribution is -2.40. The van der Waals surface area contributed by atoms with Gasteiger partial charge in [-0.1, -0.05) is 6.92 Å². The van der Waals surface area contributed by atoms with Gasteiger partial charge in [-0.15, -0.1) is 0 Å². The first-order chi connectivity index (χ1) is 10.8. The fraction of sp³-hybridized carbons (Fsp3) is 0.600. The summed E-state index contributed by atoms with van der Waals surface area (Å²) in [5, 5.41) is 8.25. The summed E-state index contributed by atoms with van der Waals surface area (Å²) in [7, 11) is 0. The van der Waals surface area contributed by atoms with Gasteiger partial charge in [0.1, 0.15) is 6.10 Å². The third kappa shape index (κ3) is 4.00. The van der Waals surface area contributed by atoms with Crippen LogP contribution in [0.2, 0.25) is 0 Å². The van der Waals surface area contributed by atoms with Crippen molar-refractivity contribution in [2.24, 2.45) is 0 Å². The first-order valence-corrected chi connectivity index (χ1v) is 7.87. The summed E-state index contributed by atoms with van der Waals surface area (Å²) in [6.07, 6.45) is 10.3. The summed E-state index contributed by atoms with van der Waals surface area (Å²) in [4.78, 5) is 12.7. The number of ether oxygens (including phenoxy) is 1. The summed E-state index contributed by atoms with van der Waals surface area (Å²) in [5.74, 6) is 0. The Hall–Kier alpha value is -2.02. The number of aromatic nitrogens is 5. The molecule has 0 aromatic carbocycles. The lowest BCUT2D eigenvalue weighted by atomic mass is 10.1. The molecule has 0 unspecified atom stereocenters. The van der Waals surface area contributed by atoms with Crippen molar-refractivity contribution in [3.8, 4) is 6.01 Å². The highest BCUT2D eigenvalue weighted by Crippen LogP contribution is 2.15. The monoisotopic (exact) mass is 302 g/mol. The molecule has 3 rings (SSSR count). The van der Waals surface area contributed by atoms with Gasteiger partial charge in [-0.25, -0.2) is 9.97 Å². The average Bonchev–Trinajstić information content (AvgIpc) is 3.08. The molecule has 0 amide bonds. The largest absolute Gasteiger partial charge is 0.460 e. The van der Waals surface area contributed by atoms with Crippen molar-refractivity contribution in [3.05, 3.63) is 30.4 Å². The van der Waals surface area contributed by atoms with Crippen LogP contribution in [0.5, 0.6) is 6.01 Å². The van der Waals surface area contributed by atoms with Gasteiger partial charge in [0.25, 0.3) is 0 Å². The zero-order valence-electron chi connectivity index (χ0n) is 12.9. The molecular formula is C15H22N6O. The molecule has 0 aliphatic carbocycles. The summed E-state index contributed by atoms with van der Waals surface area (Å²) in [6, 6.07) is 0.497. The van der Waals surface area contributed by atoms with Crippen molar-refractivity contribution in [1.82, 2.24) is 29.9 Å². The van der Waals surface area contributed by atoms with E-state index in [-0.39, 0.29) is 6.10 Å². The van der Waals surface area contributed by atoms with E-state index in [1.165, 1.54) is 0 Å². The predicted octanol–water partition coefficient (Wildman–Crippen LogP) is 1.17. The molecule has 1 aliphatic heterocycles. The standard InChI is InChI=1S/C15H22N6O/c1-2-13-11-16-15(17-12-13)22-14-3-7-20(8-4-14)9-10-21-18-5-6-19-21/h5-6,11-12,14H,2-4,7-10H2,1H3. The third-order valence-corrected chi connectivity index (χ3v) is 3.98. The number of piperidine rings is 1. The van der Waals surface area contributed by atoms with Gasteiger partial charge < -0.3 is 9.64 Å². The minimum absolute atomic E-state index is 0.214. The van der Waals surface area contributed by atoms with E-state index in [2.05, 4.69) is 32.0 Å². The molecule has 1 saturated heterocycles. The van der Waals surface area contributed by atoms with Gasteiger partial charge in [0.15, 0.2) is 0 Å². The van der Waals surface area contributed by atoms with Crippen LogP contribution in [-0.2, 0) is 13.0 Å². The van der Waals surface area contributed by atoms with Crippen LogP contribution >= 0.6 is 0 Å². The van der Waals surface area contributed by atoms with Crippen molar-refractivity contribution >= 4 is 0 Å². The Kier molecular flexibility index (Phi) is 4.95. The Bertz CT molecular complexity index is 548. The van der Waals surface area contributed by atoms with Gasteiger partial charge in [-0.05, 0) is 24.8 Å². The average molecular weight is 302 g/mol. The van der Waals surface area contributed by atoms with Crippen LogP contribution in [0, 0.1) is 0 Å². The van der Waals surface area contributed by atoms with E-state index in [4.69, 9.17) is 4.74 Å². The summed E-state index contributed by atoms with van der Waals surface area (Å²) in [6.45, 7) is 5.95. The Morgan fingerprint density at radius 2 is 1.77 bits per heavy atom. The van der Waals surface area contributed by atoms with Crippen LogP contribution in [0.4, 0.5) is 0 Å². The SMILES string of the molecule is CCc1cnc(OC2CCN(CCn3nccn3)CC2)nc1. The number of aryl methyl sites for hydroxylation is 1. The van der Waals surface area contributed by atoms with Crippen LogP contribution < -0.4 is 4.74 Å².